The van der Waals surface area contributed by atoms with E-state index in [0.717, 1.165) is 12.8 Å². The number of piperazine rings is 1. The standard InChI is InChI=1S/C28H31F4N7O3/c1-27(2)9-11-39(12-10-27)26-36-23(28(30,31)32)22(42-26)24(40)34-18-7-8-21(33-17-18)37-13-15-38(16-14-37)25(41)35-20-6-4-3-5-19(20)29/h3-8,17H,9-16H2,1-2H3,(H,34,40)(H,35,41). The number of benzene rings is 1. The van der Waals surface area contributed by atoms with E-state index in [9.17, 15) is 27.2 Å². The van der Waals surface area contributed by atoms with E-state index in [1.807, 2.05) is 4.90 Å². The molecule has 0 aliphatic carbocycles. The molecule has 10 nitrogen and oxygen atoms in total. The van der Waals surface area contributed by atoms with Gasteiger partial charge in [-0.2, -0.15) is 18.2 Å². The molecule has 2 aliphatic heterocycles. The van der Waals surface area contributed by atoms with E-state index < -0.39 is 35.4 Å². The number of anilines is 4. The van der Waals surface area contributed by atoms with Crippen molar-refractivity contribution in [2.75, 3.05) is 59.7 Å². The monoisotopic (exact) mass is 589 g/mol. The van der Waals surface area contributed by atoms with Crippen LogP contribution in [0.3, 0.4) is 0 Å². The van der Waals surface area contributed by atoms with Crippen LogP contribution < -0.4 is 20.4 Å². The molecule has 2 N–H and O–H groups in total. The number of hydrogen-bond acceptors (Lipinski definition) is 7. The van der Waals surface area contributed by atoms with Gasteiger partial charge in [-0.05, 0) is 42.5 Å². The van der Waals surface area contributed by atoms with Gasteiger partial charge in [0.2, 0.25) is 5.76 Å². The maximum absolute atomic E-state index is 13.8. The van der Waals surface area contributed by atoms with E-state index in [2.05, 4.69) is 34.4 Å². The van der Waals surface area contributed by atoms with Gasteiger partial charge in [0, 0.05) is 39.3 Å². The van der Waals surface area contributed by atoms with Gasteiger partial charge in [0.15, 0.2) is 5.69 Å². The van der Waals surface area contributed by atoms with Crippen molar-refractivity contribution in [1.82, 2.24) is 14.9 Å². The molecule has 2 aromatic heterocycles. The number of hydrogen-bond donors (Lipinski definition) is 2. The molecule has 14 heteroatoms. The first-order chi connectivity index (χ1) is 19.9. The van der Waals surface area contributed by atoms with Crippen LogP contribution >= 0.6 is 0 Å². The summed E-state index contributed by atoms with van der Waals surface area (Å²) >= 11 is 0. The molecule has 0 unspecified atom stereocenters. The number of rotatable bonds is 5. The lowest BCUT2D eigenvalue weighted by molar-refractivity contribution is -0.141. The number of amides is 3. The molecule has 42 heavy (non-hydrogen) atoms. The van der Waals surface area contributed by atoms with Crippen LogP contribution in [0.5, 0.6) is 0 Å². The highest BCUT2D eigenvalue weighted by molar-refractivity contribution is 6.03. The Morgan fingerprint density at radius 2 is 1.62 bits per heavy atom. The molecule has 0 bridgehead atoms. The van der Waals surface area contributed by atoms with Crippen molar-refractivity contribution in [2.45, 2.75) is 32.9 Å². The minimum atomic E-state index is -4.88. The topological polar surface area (TPSA) is 107 Å². The normalized spacial score (nSPS) is 17.2. The number of piperidine rings is 1. The van der Waals surface area contributed by atoms with Gasteiger partial charge in [-0.15, -0.1) is 0 Å². The molecular weight excluding hydrogens is 558 g/mol. The van der Waals surface area contributed by atoms with Crippen LogP contribution in [0.1, 0.15) is 42.9 Å². The lowest BCUT2D eigenvalue weighted by atomic mass is 9.83. The number of pyridine rings is 1. The van der Waals surface area contributed by atoms with E-state index in [-0.39, 0.29) is 22.8 Å². The molecule has 2 aliphatic rings. The summed E-state index contributed by atoms with van der Waals surface area (Å²) < 4.78 is 60.4. The largest absolute Gasteiger partial charge is 0.437 e. The summed E-state index contributed by atoms with van der Waals surface area (Å²) in [5, 5.41) is 4.98. The molecule has 0 radical (unpaired) electrons. The van der Waals surface area contributed by atoms with E-state index in [1.54, 1.807) is 21.9 Å². The zero-order valence-corrected chi connectivity index (χ0v) is 23.2. The first-order valence-corrected chi connectivity index (χ1v) is 13.6. The van der Waals surface area contributed by atoms with Crippen molar-refractivity contribution >= 4 is 35.1 Å². The Kier molecular flexibility index (Phi) is 7.97. The highest BCUT2D eigenvalue weighted by Crippen LogP contribution is 2.37. The predicted molar refractivity (Wildman–Crippen MR) is 148 cm³/mol. The summed E-state index contributed by atoms with van der Waals surface area (Å²) in [4.78, 5) is 38.4. The van der Waals surface area contributed by atoms with Crippen molar-refractivity contribution in [3.8, 4) is 0 Å². The quantitative estimate of drug-likeness (QED) is 0.381. The number of carbonyl (C=O) groups excluding carboxylic acids is 2. The molecular formula is C28H31F4N7O3. The molecule has 0 atom stereocenters. The second-order valence-corrected chi connectivity index (χ2v) is 11.1. The average Bonchev–Trinajstić information content (AvgIpc) is 3.41. The Bertz CT molecular complexity index is 1420. The Labute approximate surface area is 239 Å². The summed E-state index contributed by atoms with van der Waals surface area (Å²) in [6, 6.07) is 8.41. The average molecular weight is 590 g/mol. The fourth-order valence-corrected chi connectivity index (χ4v) is 4.82. The van der Waals surface area contributed by atoms with Crippen LogP contribution in [0.2, 0.25) is 0 Å². The second-order valence-electron chi connectivity index (χ2n) is 11.1. The maximum Gasteiger partial charge on any atom is 0.437 e. The molecule has 1 aromatic carbocycles. The summed E-state index contributed by atoms with van der Waals surface area (Å²) in [7, 11) is 0. The van der Waals surface area contributed by atoms with Crippen molar-refractivity contribution in [2.24, 2.45) is 5.41 Å². The number of urea groups is 1. The van der Waals surface area contributed by atoms with Gasteiger partial charge in [0.25, 0.3) is 11.9 Å². The van der Waals surface area contributed by atoms with Crippen LogP contribution in [0.25, 0.3) is 0 Å². The summed E-state index contributed by atoms with van der Waals surface area (Å²) in [5.41, 5.74) is -1.02. The number of oxazole rings is 1. The molecule has 224 valence electrons. The number of para-hydroxylation sites is 1. The molecule has 4 heterocycles. The summed E-state index contributed by atoms with van der Waals surface area (Å²) in [6.45, 7) is 6.76. The van der Waals surface area contributed by atoms with E-state index in [1.165, 1.54) is 30.5 Å². The minimum absolute atomic E-state index is 0.0700. The van der Waals surface area contributed by atoms with Crippen LogP contribution in [0.4, 0.5) is 45.6 Å². The molecule has 0 spiro atoms. The number of alkyl halides is 3. The zero-order valence-electron chi connectivity index (χ0n) is 23.2. The third-order valence-electron chi connectivity index (χ3n) is 7.49. The number of halogens is 4. The number of nitrogens with one attached hydrogen (secondary N) is 2. The van der Waals surface area contributed by atoms with Crippen LogP contribution in [0.15, 0.2) is 47.0 Å². The van der Waals surface area contributed by atoms with Crippen molar-refractivity contribution in [3.63, 3.8) is 0 Å². The second kappa shape index (κ2) is 11.5. The Balaban J connectivity index is 1.19. The molecule has 5 rings (SSSR count). The third kappa shape index (κ3) is 6.58. The fourth-order valence-electron chi connectivity index (χ4n) is 4.82. The van der Waals surface area contributed by atoms with Gasteiger partial charge in [0.05, 0.1) is 17.6 Å². The minimum Gasteiger partial charge on any atom is -0.417 e. The van der Waals surface area contributed by atoms with Gasteiger partial charge in [-0.25, -0.2) is 14.2 Å². The molecule has 3 aromatic rings. The molecule has 3 amide bonds. The van der Waals surface area contributed by atoms with E-state index >= 15 is 0 Å². The molecule has 0 saturated carbocycles. The van der Waals surface area contributed by atoms with Crippen LogP contribution in [0, 0.1) is 11.2 Å². The number of carbonyl (C=O) groups is 2. The number of nitrogens with zero attached hydrogens (tertiary/aromatic N) is 5. The van der Waals surface area contributed by atoms with Crippen LogP contribution in [-0.4, -0.2) is 66.1 Å². The highest BCUT2D eigenvalue weighted by atomic mass is 19.4. The highest BCUT2D eigenvalue weighted by Gasteiger charge is 2.42. The Hall–Kier alpha value is -4.36. The van der Waals surface area contributed by atoms with E-state index in [4.69, 9.17) is 4.42 Å². The van der Waals surface area contributed by atoms with Gasteiger partial charge in [0.1, 0.15) is 11.6 Å². The van der Waals surface area contributed by atoms with Crippen molar-refractivity contribution < 1.29 is 31.6 Å². The zero-order chi connectivity index (χ0) is 30.1. The molecule has 2 fully saturated rings. The van der Waals surface area contributed by atoms with Crippen LogP contribution in [-0.2, 0) is 6.18 Å². The van der Waals surface area contributed by atoms with Crippen molar-refractivity contribution in [3.05, 3.63) is 59.9 Å². The third-order valence-corrected chi connectivity index (χ3v) is 7.49. The smallest absolute Gasteiger partial charge is 0.417 e. The fraction of sp³-hybridized carbons (Fsp3) is 0.429. The Morgan fingerprint density at radius 3 is 2.24 bits per heavy atom. The first kappa shape index (κ1) is 29.1. The maximum atomic E-state index is 13.8. The van der Waals surface area contributed by atoms with Gasteiger partial charge >= 0.3 is 12.2 Å². The van der Waals surface area contributed by atoms with Gasteiger partial charge in [-0.3, -0.25) is 4.79 Å². The van der Waals surface area contributed by atoms with Crippen molar-refractivity contribution in [1.29, 1.82) is 0 Å². The predicted octanol–water partition coefficient (Wildman–Crippen LogP) is 5.46. The number of aromatic nitrogens is 2. The van der Waals surface area contributed by atoms with E-state index in [0.29, 0.717) is 45.1 Å². The lowest BCUT2D eigenvalue weighted by Gasteiger charge is -2.35. The van der Waals surface area contributed by atoms with Gasteiger partial charge in [-0.1, -0.05) is 26.0 Å². The summed E-state index contributed by atoms with van der Waals surface area (Å²) in [5.74, 6) is -1.95. The summed E-state index contributed by atoms with van der Waals surface area (Å²) in [6.07, 6.45) is -2.03. The first-order valence-electron chi connectivity index (χ1n) is 13.6. The lowest BCUT2D eigenvalue weighted by Crippen LogP contribution is -2.50. The van der Waals surface area contributed by atoms with Gasteiger partial charge < -0.3 is 29.8 Å². The SMILES string of the molecule is CC1(C)CCN(c2nc(C(F)(F)F)c(C(=O)Nc3ccc(N4CCN(C(=O)Nc5ccccc5F)CC4)nc3)o2)CC1. The molecule has 2 saturated heterocycles. The Morgan fingerprint density at radius 1 is 0.929 bits per heavy atom.